The van der Waals surface area contributed by atoms with Gasteiger partial charge >= 0.3 is 11.9 Å². The summed E-state index contributed by atoms with van der Waals surface area (Å²) in [7, 11) is 0. The van der Waals surface area contributed by atoms with E-state index in [2.05, 4.69) is 110 Å². The van der Waals surface area contributed by atoms with Crippen molar-refractivity contribution in [2.24, 2.45) is 28.9 Å². The van der Waals surface area contributed by atoms with Crippen LogP contribution >= 0.6 is 0 Å². The highest BCUT2D eigenvalue weighted by Crippen LogP contribution is 2.14. The van der Waals surface area contributed by atoms with E-state index < -0.39 is 267 Å². The zero-order chi connectivity index (χ0) is 91.6. The number of H-pyrrole nitrogens is 3. The van der Waals surface area contributed by atoms with Gasteiger partial charge in [0.2, 0.25) is 82.7 Å². The van der Waals surface area contributed by atoms with Crippen molar-refractivity contribution in [2.75, 3.05) is 39.4 Å². The Morgan fingerprint density at radius 2 is 0.680 bits per heavy atom. The Balaban J connectivity index is 1.96. The van der Waals surface area contributed by atoms with Gasteiger partial charge in [-0.2, -0.15) is 0 Å². The van der Waals surface area contributed by atoms with E-state index in [1.165, 1.54) is 37.6 Å². The van der Waals surface area contributed by atoms with Gasteiger partial charge in [-0.3, -0.25) is 87.5 Å². The molecule has 37 N–H and O–H groups in total. The summed E-state index contributed by atoms with van der Waals surface area (Å²) in [6.45, 7) is 4.69. The molecule has 0 bridgehead atoms. The maximum absolute atomic E-state index is 14.6. The van der Waals surface area contributed by atoms with E-state index in [0.29, 0.717) is 0 Å². The number of hydrogen-bond acceptors (Lipinski definition) is 29. The molecule has 0 saturated heterocycles. The molecule has 3 heterocycles. The molecule has 0 fully saturated rings. The molecule has 0 aromatic carbocycles. The fourth-order valence-electron chi connectivity index (χ4n) is 11.5. The van der Waals surface area contributed by atoms with Crippen molar-refractivity contribution in [1.82, 2.24) is 115 Å². The average Bonchev–Trinajstić information content (AvgIpc) is 1.12. The van der Waals surface area contributed by atoms with Crippen LogP contribution in [0.2, 0.25) is 0 Å². The third-order valence-electron chi connectivity index (χ3n) is 18.0. The van der Waals surface area contributed by atoms with Gasteiger partial charge in [0.05, 0.1) is 80.1 Å². The van der Waals surface area contributed by atoms with Crippen LogP contribution in [0, 0.1) is 16.7 Å². The van der Waals surface area contributed by atoms with Crippen molar-refractivity contribution in [3.05, 3.63) is 54.7 Å². The van der Waals surface area contributed by atoms with Crippen LogP contribution in [0.4, 0.5) is 0 Å². The highest BCUT2D eigenvalue weighted by molar-refractivity contribution is 6.01. The number of carboxylic acid groups (broad SMARTS) is 2. The van der Waals surface area contributed by atoms with E-state index in [9.17, 15) is 112 Å². The molecule has 0 unspecified atom stereocenters. The van der Waals surface area contributed by atoms with Crippen LogP contribution in [0.3, 0.4) is 0 Å². The van der Waals surface area contributed by atoms with Gasteiger partial charge in [0, 0.05) is 50.9 Å². The monoisotopic (exact) mass is 1730 g/mol. The lowest BCUT2D eigenvalue weighted by Gasteiger charge is -2.30. The number of nitrogens with zero attached hydrogens (tertiary/aromatic N) is 3. The number of amides is 14. The van der Waals surface area contributed by atoms with E-state index in [0.717, 1.165) is 27.7 Å². The number of carbonyl (C=O) groups is 16. The summed E-state index contributed by atoms with van der Waals surface area (Å²) in [5.41, 5.74) is 22.6. The third-order valence-corrected chi connectivity index (χ3v) is 18.0. The number of carboxylic acids is 2. The first-order chi connectivity index (χ1) is 57.5. The standard InChI is InChI=1S/C70H116N28O24/c1-31(2)17-43(89-60(114)44(18-36-22-77-28-83-36)90-61(115)47(21-49(105)106)91-64(118)48(27-100)94-56(110)41(12-9-15-80-69(73)74)86-55(109)39(72)26-99)59(113)87-40(11-7-8-14-71)57(111)96-53(34(5)103)67(121)93-46(20-38-24-79-30-85-38)63(117)98-52(33(4)102)66(120)88-42(13-10-16-81-70(75)76)58(112)97-54(35(6)104)68(122)92-45(19-37-23-78-29-84-37)62(116)95-51(32(3)101)65(119)82-25-50(107)108/h22-24,28-35,39-48,51-54,99-104H,7-21,25-27,71-72H2,1-6H3,(H,77,83)(H,78,84)(H,79,85)(H,82,119)(H,86,109)(H,87,113)(H,88,120)(H,89,114)(H,90,115)(H,91,118)(H,92,122)(H,93,121)(H,94,110)(H,95,116)(H,96,111)(H,97,112)(H,98,117)(H,105,106)(H,107,108)(H4,73,74,80)(H4,75,76,81)/t32-,33-,34-,35-,39+,40+,41+,42+,43+,44+,45+,46+,47+,48+,51+,52+,53+,54+/m1/s1. The number of aliphatic hydroxyl groups excluding tert-OH is 6. The molecule has 0 aliphatic rings. The number of imidazole rings is 3. The molecule has 3 aromatic heterocycles. The molecule has 680 valence electrons. The molecule has 52 heteroatoms. The van der Waals surface area contributed by atoms with Crippen LogP contribution < -0.4 is 108 Å². The van der Waals surface area contributed by atoms with Gasteiger partial charge in [-0.1, -0.05) is 13.8 Å². The molecule has 0 aliphatic carbocycles. The number of aromatic amines is 3. The maximum atomic E-state index is 14.6. The number of guanidine groups is 2. The number of unbranched alkanes of at least 4 members (excludes halogenated alkanes) is 1. The summed E-state index contributed by atoms with van der Waals surface area (Å²) in [5.74, 6) is -21.1. The van der Waals surface area contributed by atoms with Crippen LogP contribution in [0.25, 0.3) is 0 Å². The van der Waals surface area contributed by atoms with Crippen molar-refractivity contribution in [2.45, 2.75) is 228 Å². The minimum atomic E-state index is -2.07. The fourth-order valence-corrected chi connectivity index (χ4v) is 11.5. The van der Waals surface area contributed by atoms with E-state index in [4.69, 9.17) is 38.9 Å². The summed E-state index contributed by atoms with van der Waals surface area (Å²) >= 11 is 0. The predicted molar refractivity (Wildman–Crippen MR) is 424 cm³/mol. The number of aromatic nitrogens is 6. The Hall–Kier alpha value is -12.6. The second-order valence-corrected chi connectivity index (χ2v) is 28.8. The molecule has 52 nitrogen and oxygen atoms in total. The summed E-state index contributed by atoms with van der Waals surface area (Å²) < 4.78 is 0. The Morgan fingerprint density at radius 3 is 1.02 bits per heavy atom. The third kappa shape index (κ3) is 37.3. The van der Waals surface area contributed by atoms with E-state index in [1.807, 2.05) is 5.32 Å². The molecule has 3 rings (SSSR count). The van der Waals surface area contributed by atoms with Crippen molar-refractivity contribution >= 4 is 107 Å². The maximum Gasteiger partial charge on any atom is 0.322 e. The smallest absolute Gasteiger partial charge is 0.322 e. The minimum absolute atomic E-state index is 0.0240. The first-order valence-corrected chi connectivity index (χ1v) is 38.7. The molecule has 0 spiro atoms. The van der Waals surface area contributed by atoms with Crippen LogP contribution in [0.1, 0.15) is 116 Å². The second-order valence-electron chi connectivity index (χ2n) is 28.8. The molecular weight excluding hydrogens is 1620 g/mol. The Morgan fingerprint density at radius 1 is 0.377 bits per heavy atom. The summed E-state index contributed by atoms with van der Waals surface area (Å²) in [6.07, 6.45) is -2.69. The van der Waals surface area contributed by atoms with Crippen LogP contribution in [-0.4, -0.2) is 326 Å². The summed E-state index contributed by atoms with van der Waals surface area (Å²) in [4.78, 5) is 240. The highest BCUT2D eigenvalue weighted by atomic mass is 16.4. The zero-order valence-electron chi connectivity index (χ0n) is 67.9. The van der Waals surface area contributed by atoms with E-state index in [-0.39, 0.29) is 88.1 Å². The largest absolute Gasteiger partial charge is 0.481 e. The number of aliphatic hydroxyl groups is 6. The molecule has 3 aromatic rings. The Labute approximate surface area is 698 Å². The lowest BCUT2D eigenvalue weighted by atomic mass is 10.0. The average molecular weight is 1730 g/mol. The molecule has 122 heavy (non-hydrogen) atoms. The molecule has 0 aliphatic heterocycles. The van der Waals surface area contributed by atoms with Gasteiger partial charge in [0.15, 0.2) is 11.9 Å². The Bertz CT molecular complexity index is 3950. The highest BCUT2D eigenvalue weighted by Gasteiger charge is 2.41. The van der Waals surface area contributed by atoms with Gasteiger partial charge < -0.3 is 164 Å². The first kappa shape index (κ1) is 104. The predicted octanol–water partition coefficient (Wildman–Crippen LogP) is -13.6. The van der Waals surface area contributed by atoms with Gasteiger partial charge in [-0.25, -0.2) is 15.0 Å². The minimum Gasteiger partial charge on any atom is -0.481 e. The number of rotatable bonds is 57. The van der Waals surface area contributed by atoms with Crippen molar-refractivity contribution in [3.63, 3.8) is 0 Å². The van der Waals surface area contributed by atoms with Crippen molar-refractivity contribution < 1.29 is 118 Å². The number of aliphatic carboxylic acids is 2. The van der Waals surface area contributed by atoms with Crippen molar-refractivity contribution in [1.29, 1.82) is 10.8 Å². The number of hydrogen-bond donors (Lipinski definition) is 33. The van der Waals surface area contributed by atoms with Crippen LogP contribution in [0.5, 0.6) is 0 Å². The molecule has 0 saturated carbocycles. The quantitative estimate of drug-likeness (QED) is 0.0142. The Kier molecular flexibility index (Phi) is 45.1. The van der Waals surface area contributed by atoms with Crippen LogP contribution in [-0.2, 0) is 96.0 Å². The van der Waals surface area contributed by atoms with Crippen LogP contribution in [0.15, 0.2) is 37.6 Å². The molecular formula is C70H116N28O24. The molecule has 0 radical (unpaired) electrons. The normalized spacial score (nSPS) is 15.6. The summed E-state index contributed by atoms with van der Waals surface area (Å²) in [5, 5.41) is 135. The summed E-state index contributed by atoms with van der Waals surface area (Å²) in [6, 6.07) is -25.0. The second kappa shape index (κ2) is 53.1. The van der Waals surface area contributed by atoms with Crippen molar-refractivity contribution in [3.8, 4) is 0 Å². The number of nitrogens with one attached hydrogen (secondary N) is 21. The zero-order valence-corrected chi connectivity index (χ0v) is 67.9. The molecule has 18 atom stereocenters. The van der Waals surface area contributed by atoms with Gasteiger partial charge in [0.1, 0.15) is 91.1 Å². The van der Waals surface area contributed by atoms with E-state index in [1.54, 1.807) is 13.8 Å². The molecule has 14 amide bonds. The number of carbonyl (C=O) groups excluding carboxylic acids is 14. The fraction of sp³-hybridized carbons (Fsp3) is 0.614. The SMILES string of the molecule is CC(C)C[C@H](NC(=O)[C@H](Cc1c[nH]cn1)NC(=O)[C@H](CC(=O)O)NC(=O)[C@H](CO)NC(=O)[C@H](CCCNC(=N)N)NC(=O)[C@@H](N)CO)C(=O)N[C@@H](CCCCN)C(=O)N[C@H](C(=O)N[C@@H](Cc1c[nH]cn1)C(=O)N[C@H](C(=O)N[C@@H](CCCNC(=N)N)C(=O)N[C@H](C(=O)N[C@@H](Cc1c[nH]cn1)C(=O)N[C@H](C(=O)NCC(=O)O)[C@@H](C)O)[C@@H](C)O)[C@@H](C)O)[C@@H](C)O. The topological polar surface area (TPSA) is 865 Å². The first-order valence-electron chi connectivity index (χ1n) is 38.7. The van der Waals surface area contributed by atoms with Gasteiger partial charge in [-0.15, -0.1) is 0 Å². The lowest BCUT2D eigenvalue weighted by Crippen LogP contribution is -2.64. The van der Waals surface area contributed by atoms with Gasteiger partial charge in [-0.05, 0) is 91.5 Å². The van der Waals surface area contributed by atoms with E-state index >= 15 is 0 Å². The lowest BCUT2D eigenvalue weighted by molar-refractivity contribution is -0.142. The number of nitrogens with two attached hydrogens (primary N) is 4. The van der Waals surface area contributed by atoms with Gasteiger partial charge in [0.25, 0.3) is 0 Å².